The molecule has 1 fully saturated rings. The first kappa shape index (κ1) is 15.4. The highest BCUT2D eigenvalue weighted by atomic mass is 32.2. The lowest BCUT2D eigenvalue weighted by Crippen LogP contribution is -2.43. The van der Waals surface area contributed by atoms with Crippen molar-refractivity contribution < 1.29 is 23.4 Å². The molecule has 3 N–H and O–H groups in total. The summed E-state index contributed by atoms with van der Waals surface area (Å²) in [6, 6.07) is 0.874. The van der Waals surface area contributed by atoms with E-state index < -0.39 is 16.0 Å². The zero-order valence-electron chi connectivity index (χ0n) is 10.8. The summed E-state index contributed by atoms with van der Waals surface area (Å²) in [6.07, 6.45) is 3.41. The number of hydrogen-bond acceptors (Lipinski definition) is 5. The highest BCUT2D eigenvalue weighted by Gasteiger charge is 2.29. The molecular weight excluding hydrogens is 302 g/mol. The first-order chi connectivity index (χ1) is 9.44. The number of aliphatic hydroxyl groups excluding tert-OH is 1. The van der Waals surface area contributed by atoms with Gasteiger partial charge in [0.25, 0.3) is 0 Å². The molecule has 0 bridgehead atoms. The Morgan fingerprint density at radius 2 is 2.10 bits per heavy atom. The summed E-state index contributed by atoms with van der Waals surface area (Å²) in [7, 11) is -3.73. The van der Waals surface area contributed by atoms with Crippen LogP contribution in [-0.4, -0.2) is 37.2 Å². The van der Waals surface area contributed by atoms with Crippen LogP contribution in [0.3, 0.4) is 0 Å². The smallest absolute Gasteiger partial charge is 0.345 e. The van der Waals surface area contributed by atoms with Gasteiger partial charge >= 0.3 is 5.97 Å². The van der Waals surface area contributed by atoms with Crippen molar-refractivity contribution in [2.24, 2.45) is 5.92 Å². The van der Waals surface area contributed by atoms with Crippen LogP contribution in [0.2, 0.25) is 0 Å². The van der Waals surface area contributed by atoms with E-state index in [1.807, 2.05) is 0 Å². The highest BCUT2D eigenvalue weighted by molar-refractivity contribution is 7.89. The molecular formula is C12H17NO5S2. The Kier molecular flexibility index (Phi) is 4.79. The Morgan fingerprint density at radius 1 is 1.40 bits per heavy atom. The Morgan fingerprint density at radius 3 is 2.70 bits per heavy atom. The van der Waals surface area contributed by atoms with Gasteiger partial charge in [0.2, 0.25) is 10.0 Å². The van der Waals surface area contributed by atoms with E-state index in [0.29, 0.717) is 6.42 Å². The van der Waals surface area contributed by atoms with Crippen LogP contribution >= 0.6 is 11.3 Å². The van der Waals surface area contributed by atoms with Crippen LogP contribution in [0.15, 0.2) is 16.3 Å². The highest BCUT2D eigenvalue weighted by Crippen LogP contribution is 2.26. The minimum absolute atomic E-state index is 0.00673. The Bertz CT molecular complexity index is 580. The summed E-state index contributed by atoms with van der Waals surface area (Å²) >= 11 is 0.885. The van der Waals surface area contributed by atoms with Crippen molar-refractivity contribution in [2.45, 2.75) is 36.6 Å². The lowest BCUT2D eigenvalue weighted by Gasteiger charge is -2.30. The number of thiophene rings is 1. The molecule has 2 unspecified atom stereocenters. The number of sulfonamides is 1. The van der Waals surface area contributed by atoms with Gasteiger partial charge < -0.3 is 10.2 Å². The van der Waals surface area contributed by atoms with Crippen LogP contribution in [0.1, 0.15) is 35.4 Å². The van der Waals surface area contributed by atoms with Gasteiger partial charge in [0.05, 0.1) is 4.90 Å². The van der Waals surface area contributed by atoms with Gasteiger partial charge in [-0.1, -0.05) is 12.8 Å². The fourth-order valence-corrected chi connectivity index (χ4v) is 4.87. The van der Waals surface area contributed by atoms with Gasteiger partial charge in [-0.05, 0) is 24.8 Å². The van der Waals surface area contributed by atoms with Crippen molar-refractivity contribution in [1.29, 1.82) is 0 Å². The predicted molar refractivity (Wildman–Crippen MR) is 74.4 cm³/mol. The van der Waals surface area contributed by atoms with Crippen molar-refractivity contribution in [3.63, 3.8) is 0 Å². The number of carboxylic acid groups (broad SMARTS) is 1. The van der Waals surface area contributed by atoms with Gasteiger partial charge in [0.1, 0.15) is 4.88 Å². The van der Waals surface area contributed by atoms with E-state index in [4.69, 9.17) is 5.11 Å². The fraction of sp³-hybridized carbons (Fsp3) is 0.583. The van der Waals surface area contributed by atoms with Crippen molar-refractivity contribution >= 4 is 27.3 Å². The van der Waals surface area contributed by atoms with Gasteiger partial charge in [0.15, 0.2) is 0 Å². The summed E-state index contributed by atoms with van der Waals surface area (Å²) in [5, 5.41) is 19.4. The maximum Gasteiger partial charge on any atom is 0.345 e. The van der Waals surface area contributed by atoms with Crippen LogP contribution in [0, 0.1) is 5.92 Å². The van der Waals surface area contributed by atoms with Gasteiger partial charge in [-0.25, -0.2) is 17.9 Å². The maximum atomic E-state index is 12.2. The first-order valence-corrected chi connectivity index (χ1v) is 8.75. The van der Waals surface area contributed by atoms with Gasteiger partial charge in [-0.15, -0.1) is 11.3 Å². The molecule has 1 heterocycles. The molecule has 1 aromatic heterocycles. The molecule has 0 aromatic carbocycles. The quantitative estimate of drug-likeness (QED) is 0.758. The largest absolute Gasteiger partial charge is 0.477 e. The molecule has 0 aliphatic heterocycles. The third-order valence-corrected chi connectivity index (χ3v) is 6.08. The molecule has 6 nitrogen and oxygen atoms in total. The van der Waals surface area contributed by atoms with Crippen LogP contribution in [-0.2, 0) is 10.0 Å². The van der Waals surface area contributed by atoms with Crippen molar-refractivity contribution in [1.82, 2.24) is 4.72 Å². The molecule has 2 rings (SSSR count). The molecule has 1 saturated carbocycles. The average molecular weight is 319 g/mol. The zero-order chi connectivity index (χ0) is 14.8. The fourth-order valence-electron chi connectivity index (χ4n) is 2.42. The molecule has 1 aliphatic rings. The lowest BCUT2D eigenvalue weighted by molar-refractivity contribution is 0.0702. The van der Waals surface area contributed by atoms with E-state index >= 15 is 0 Å². The molecule has 0 radical (unpaired) electrons. The van der Waals surface area contributed by atoms with E-state index in [-0.39, 0.29) is 28.3 Å². The van der Waals surface area contributed by atoms with Crippen molar-refractivity contribution in [3.05, 3.63) is 16.3 Å². The monoisotopic (exact) mass is 319 g/mol. The minimum atomic E-state index is -3.73. The third kappa shape index (κ3) is 3.38. The minimum Gasteiger partial charge on any atom is -0.477 e. The number of carboxylic acids is 1. The number of rotatable bonds is 5. The molecule has 112 valence electrons. The van der Waals surface area contributed by atoms with E-state index in [9.17, 15) is 18.3 Å². The Balaban J connectivity index is 2.15. The maximum absolute atomic E-state index is 12.2. The summed E-state index contributed by atoms with van der Waals surface area (Å²) in [5.74, 6) is -1.21. The standard InChI is InChI=1S/C12H17NO5S2/c14-6-8-3-1-2-4-10(8)13-20(17,18)9-5-11(12(15)16)19-7-9/h5,7-8,10,13-14H,1-4,6H2,(H,15,16). The molecule has 20 heavy (non-hydrogen) atoms. The van der Waals surface area contributed by atoms with Crippen LogP contribution in [0.4, 0.5) is 0 Å². The zero-order valence-corrected chi connectivity index (χ0v) is 12.4. The van der Waals surface area contributed by atoms with E-state index in [1.165, 1.54) is 5.38 Å². The average Bonchev–Trinajstić information content (AvgIpc) is 2.89. The van der Waals surface area contributed by atoms with E-state index in [2.05, 4.69) is 4.72 Å². The lowest BCUT2D eigenvalue weighted by atomic mass is 9.86. The van der Waals surface area contributed by atoms with Crippen LogP contribution in [0.5, 0.6) is 0 Å². The second kappa shape index (κ2) is 6.21. The van der Waals surface area contributed by atoms with Crippen molar-refractivity contribution in [2.75, 3.05) is 6.61 Å². The summed E-state index contributed by atoms with van der Waals surface area (Å²) in [5.41, 5.74) is 0. The van der Waals surface area contributed by atoms with Crippen LogP contribution < -0.4 is 4.72 Å². The predicted octanol–water partition coefficient (Wildman–Crippen LogP) is 1.28. The van der Waals surface area contributed by atoms with Crippen LogP contribution in [0.25, 0.3) is 0 Å². The topological polar surface area (TPSA) is 104 Å². The molecule has 2 atom stereocenters. The van der Waals surface area contributed by atoms with Gasteiger partial charge in [-0.3, -0.25) is 0 Å². The normalized spacial score (nSPS) is 23.6. The number of carbonyl (C=O) groups is 1. The molecule has 0 saturated heterocycles. The molecule has 1 aromatic rings. The second-order valence-electron chi connectivity index (χ2n) is 4.91. The molecule has 8 heteroatoms. The first-order valence-electron chi connectivity index (χ1n) is 6.39. The Labute approximate surface area is 121 Å². The van der Waals surface area contributed by atoms with E-state index in [1.54, 1.807) is 0 Å². The summed E-state index contributed by atoms with van der Waals surface area (Å²) in [6.45, 7) is -0.0444. The SMILES string of the molecule is O=C(O)c1cc(S(=O)(=O)NC2CCCCC2CO)cs1. The van der Waals surface area contributed by atoms with Gasteiger partial charge in [-0.2, -0.15) is 0 Å². The molecule has 0 amide bonds. The Hall–Kier alpha value is -0.960. The number of aliphatic hydroxyl groups is 1. The number of nitrogens with one attached hydrogen (secondary N) is 1. The molecule has 1 aliphatic carbocycles. The second-order valence-corrected chi connectivity index (χ2v) is 7.53. The molecule has 0 spiro atoms. The number of aromatic carboxylic acids is 1. The van der Waals surface area contributed by atoms with Crippen molar-refractivity contribution in [3.8, 4) is 0 Å². The van der Waals surface area contributed by atoms with E-state index in [0.717, 1.165) is 36.7 Å². The number of hydrogen-bond donors (Lipinski definition) is 3. The summed E-state index contributed by atoms with van der Waals surface area (Å²) < 4.78 is 27.0. The third-order valence-electron chi connectivity index (χ3n) is 3.55. The van der Waals surface area contributed by atoms with Gasteiger partial charge in [0, 0.05) is 18.0 Å². The summed E-state index contributed by atoms with van der Waals surface area (Å²) in [4.78, 5) is 10.8.